The first-order valence-electron chi connectivity index (χ1n) is 6.65. The smallest absolute Gasteiger partial charge is 0.426 e. The van der Waals surface area contributed by atoms with E-state index in [2.05, 4.69) is 0 Å². The van der Waals surface area contributed by atoms with Gasteiger partial charge in [-0.25, -0.2) is 4.79 Å². The second-order valence-electron chi connectivity index (χ2n) is 5.86. The van der Waals surface area contributed by atoms with Crippen molar-refractivity contribution in [3.8, 4) is 0 Å². The largest absolute Gasteiger partial charge is 0.443 e. The molecule has 0 spiro atoms. The minimum absolute atomic E-state index is 0.0591. The van der Waals surface area contributed by atoms with Crippen molar-refractivity contribution in [1.82, 2.24) is 4.31 Å². The van der Waals surface area contributed by atoms with Crippen LogP contribution in [0, 0.1) is 0 Å². The second kappa shape index (κ2) is 5.65. The number of carbonyl (C=O) groups is 1. The summed E-state index contributed by atoms with van der Waals surface area (Å²) < 4.78 is 34.4. The zero-order chi connectivity index (χ0) is 15.7. The van der Waals surface area contributed by atoms with Crippen LogP contribution in [-0.2, 0) is 25.6 Å². The maximum absolute atomic E-state index is 12.1. The number of hydrogen-bond acceptors (Lipinski definition) is 5. The highest BCUT2D eigenvalue weighted by atomic mass is 32.2. The van der Waals surface area contributed by atoms with Gasteiger partial charge >= 0.3 is 16.4 Å². The molecule has 0 N–H and O–H groups in total. The number of rotatable bonds is 2. The third-order valence-electron chi connectivity index (χ3n) is 2.87. The van der Waals surface area contributed by atoms with Gasteiger partial charge in [-0.1, -0.05) is 30.3 Å². The predicted octanol–water partition coefficient (Wildman–Crippen LogP) is 2.11. The average molecular weight is 313 g/mol. The molecule has 1 heterocycles. The standard InChI is InChI=1S/C14H19NO5S/c1-14(2,3)20-13(16)15-12(10-19-21(15,17)18)9-11-7-5-4-6-8-11/h4-8,12H,9-10H2,1-3H3/t12-/m0/s1. The van der Waals surface area contributed by atoms with Gasteiger partial charge in [0, 0.05) is 0 Å². The van der Waals surface area contributed by atoms with Gasteiger partial charge in [-0.2, -0.15) is 12.7 Å². The molecule has 1 amide bonds. The molecule has 6 nitrogen and oxygen atoms in total. The number of ether oxygens (including phenoxy) is 1. The fourth-order valence-electron chi connectivity index (χ4n) is 2.05. The van der Waals surface area contributed by atoms with E-state index in [1.54, 1.807) is 20.8 Å². The van der Waals surface area contributed by atoms with Crippen molar-refractivity contribution in [2.24, 2.45) is 0 Å². The lowest BCUT2D eigenvalue weighted by Gasteiger charge is -2.25. The van der Waals surface area contributed by atoms with E-state index in [1.807, 2.05) is 30.3 Å². The summed E-state index contributed by atoms with van der Waals surface area (Å²) in [5, 5.41) is 0. The molecule has 1 fully saturated rings. The molecule has 0 bridgehead atoms. The summed E-state index contributed by atoms with van der Waals surface area (Å²) in [5.41, 5.74) is 0.156. The molecule has 1 saturated heterocycles. The summed E-state index contributed by atoms with van der Waals surface area (Å²) in [6.07, 6.45) is -0.514. The van der Waals surface area contributed by atoms with Crippen LogP contribution >= 0.6 is 0 Å². The second-order valence-corrected chi connectivity index (χ2v) is 7.35. The Bertz CT molecular complexity index is 606. The van der Waals surface area contributed by atoms with E-state index in [1.165, 1.54) is 0 Å². The monoisotopic (exact) mass is 313 g/mol. The first-order chi connectivity index (χ1) is 9.69. The average Bonchev–Trinajstić information content (AvgIpc) is 2.63. The topological polar surface area (TPSA) is 72.9 Å². The first kappa shape index (κ1) is 15.8. The van der Waals surface area contributed by atoms with Crippen molar-refractivity contribution in [2.75, 3.05) is 6.61 Å². The Labute approximate surface area is 124 Å². The number of benzene rings is 1. The summed E-state index contributed by atoms with van der Waals surface area (Å²) in [6.45, 7) is 4.98. The van der Waals surface area contributed by atoms with Gasteiger partial charge < -0.3 is 4.74 Å². The molecule has 0 unspecified atom stereocenters. The van der Waals surface area contributed by atoms with E-state index in [-0.39, 0.29) is 6.61 Å². The van der Waals surface area contributed by atoms with Crippen molar-refractivity contribution in [3.05, 3.63) is 35.9 Å². The van der Waals surface area contributed by atoms with Gasteiger partial charge in [0.05, 0.1) is 12.6 Å². The number of hydrogen-bond donors (Lipinski definition) is 0. The van der Waals surface area contributed by atoms with E-state index in [0.717, 1.165) is 5.56 Å². The summed E-state index contributed by atoms with van der Waals surface area (Å²) in [4.78, 5) is 12.1. The van der Waals surface area contributed by atoms with E-state index in [0.29, 0.717) is 10.7 Å². The van der Waals surface area contributed by atoms with Crippen molar-refractivity contribution >= 4 is 16.4 Å². The van der Waals surface area contributed by atoms with Crippen LogP contribution in [0.5, 0.6) is 0 Å². The molecule has 0 aliphatic carbocycles. The summed E-state index contributed by atoms with van der Waals surface area (Å²) in [7, 11) is -4.07. The lowest BCUT2D eigenvalue weighted by molar-refractivity contribution is 0.0357. The third kappa shape index (κ3) is 3.95. The Balaban J connectivity index is 2.19. The van der Waals surface area contributed by atoms with Crippen LogP contribution in [0.4, 0.5) is 4.79 Å². The summed E-state index contributed by atoms with van der Waals surface area (Å²) in [6, 6.07) is 8.75. The number of amides is 1. The van der Waals surface area contributed by atoms with Crippen LogP contribution in [0.2, 0.25) is 0 Å². The quantitative estimate of drug-likeness (QED) is 0.836. The molecule has 0 radical (unpaired) electrons. The van der Waals surface area contributed by atoms with E-state index >= 15 is 0 Å². The Morgan fingerprint density at radius 3 is 2.52 bits per heavy atom. The van der Waals surface area contributed by atoms with Gasteiger partial charge in [0.2, 0.25) is 0 Å². The summed E-state index contributed by atoms with van der Waals surface area (Å²) >= 11 is 0. The Kier molecular flexibility index (Phi) is 4.25. The molecule has 1 aromatic rings. The minimum atomic E-state index is -4.07. The number of nitrogens with zero attached hydrogens (tertiary/aromatic N) is 1. The van der Waals surface area contributed by atoms with Crippen molar-refractivity contribution in [2.45, 2.75) is 38.8 Å². The molecule has 1 atom stereocenters. The van der Waals surface area contributed by atoms with Crippen molar-refractivity contribution in [3.63, 3.8) is 0 Å². The van der Waals surface area contributed by atoms with Gasteiger partial charge in [0.1, 0.15) is 5.60 Å². The Morgan fingerprint density at radius 2 is 1.95 bits per heavy atom. The van der Waals surface area contributed by atoms with Crippen molar-refractivity contribution in [1.29, 1.82) is 0 Å². The molecular formula is C14H19NO5S. The van der Waals surface area contributed by atoms with E-state index in [4.69, 9.17) is 8.92 Å². The molecule has 0 aromatic heterocycles. The predicted molar refractivity (Wildman–Crippen MR) is 76.9 cm³/mol. The molecule has 2 rings (SSSR count). The Hall–Kier alpha value is -1.60. The van der Waals surface area contributed by atoms with Gasteiger partial charge in [-0.3, -0.25) is 4.18 Å². The number of carbonyl (C=O) groups excluding carboxylic acids is 1. The fraction of sp³-hybridized carbons (Fsp3) is 0.500. The van der Waals surface area contributed by atoms with Gasteiger partial charge in [0.25, 0.3) is 0 Å². The maximum atomic E-state index is 12.1. The van der Waals surface area contributed by atoms with Crippen LogP contribution in [-0.4, -0.2) is 37.1 Å². The van der Waals surface area contributed by atoms with E-state index < -0.39 is 28.0 Å². The zero-order valence-electron chi connectivity index (χ0n) is 12.3. The molecule has 116 valence electrons. The van der Waals surface area contributed by atoms with Crippen LogP contribution < -0.4 is 0 Å². The van der Waals surface area contributed by atoms with Gasteiger partial charge in [-0.15, -0.1) is 0 Å². The molecular weight excluding hydrogens is 294 g/mol. The molecule has 0 saturated carbocycles. The first-order valence-corrected chi connectivity index (χ1v) is 8.01. The van der Waals surface area contributed by atoms with Crippen molar-refractivity contribution < 1.29 is 22.1 Å². The van der Waals surface area contributed by atoms with Crippen LogP contribution in [0.3, 0.4) is 0 Å². The normalized spacial score (nSPS) is 21.3. The molecule has 1 aromatic carbocycles. The fourth-order valence-corrected chi connectivity index (χ4v) is 3.21. The SMILES string of the molecule is CC(C)(C)OC(=O)N1[C@@H](Cc2ccccc2)COS1(=O)=O. The van der Waals surface area contributed by atoms with Gasteiger partial charge in [-0.05, 0) is 32.8 Å². The summed E-state index contributed by atoms with van der Waals surface area (Å²) in [5.74, 6) is 0. The van der Waals surface area contributed by atoms with E-state index in [9.17, 15) is 13.2 Å². The highest BCUT2D eigenvalue weighted by Gasteiger charge is 2.44. The highest BCUT2D eigenvalue weighted by molar-refractivity contribution is 7.85. The van der Waals surface area contributed by atoms with Crippen LogP contribution in [0.15, 0.2) is 30.3 Å². The van der Waals surface area contributed by atoms with Crippen LogP contribution in [0.25, 0.3) is 0 Å². The van der Waals surface area contributed by atoms with Crippen LogP contribution in [0.1, 0.15) is 26.3 Å². The minimum Gasteiger partial charge on any atom is -0.443 e. The maximum Gasteiger partial charge on any atom is 0.426 e. The molecule has 7 heteroatoms. The lowest BCUT2D eigenvalue weighted by Crippen LogP contribution is -2.43. The Morgan fingerprint density at radius 1 is 1.33 bits per heavy atom. The highest BCUT2D eigenvalue weighted by Crippen LogP contribution is 2.24. The lowest BCUT2D eigenvalue weighted by atomic mass is 10.1. The van der Waals surface area contributed by atoms with Gasteiger partial charge in [0.15, 0.2) is 0 Å². The molecule has 1 aliphatic heterocycles. The molecule has 21 heavy (non-hydrogen) atoms. The third-order valence-corrected chi connectivity index (χ3v) is 4.23. The zero-order valence-corrected chi connectivity index (χ0v) is 13.1. The molecule has 1 aliphatic rings.